The minimum absolute atomic E-state index is 0.0270. The normalized spacial score (nSPS) is 11.1. The molecule has 1 heterocycles. The summed E-state index contributed by atoms with van der Waals surface area (Å²) in [6, 6.07) is 12.9. The molecule has 0 saturated carbocycles. The topological polar surface area (TPSA) is 66.1 Å². The summed E-state index contributed by atoms with van der Waals surface area (Å²) >= 11 is 0. The summed E-state index contributed by atoms with van der Waals surface area (Å²) in [6.07, 6.45) is 0. The van der Waals surface area contributed by atoms with E-state index in [1.165, 1.54) is 0 Å². The van der Waals surface area contributed by atoms with E-state index < -0.39 is 0 Å². The molecule has 26 heavy (non-hydrogen) atoms. The Kier molecular flexibility index (Phi) is 4.89. The van der Waals surface area contributed by atoms with Gasteiger partial charge in [0, 0.05) is 11.6 Å². The number of hydrogen-bond donors (Lipinski definition) is 1. The molecular weight excluding hydrogens is 326 g/mol. The summed E-state index contributed by atoms with van der Waals surface area (Å²) < 4.78 is 0. The van der Waals surface area contributed by atoms with Gasteiger partial charge in [-0.1, -0.05) is 18.2 Å². The quantitative estimate of drug-likeness (QED) is 0.783. The number of aromatic nitrogens is 2. The zero-order chi connectivity index (χ0) is 18.8. The lowest BCUT2D eigenvalue weighted by Crippen LogP contribution is -2.37. The van der Waals surface area contributed by atoms with Gasteiger partial charge in [-0.05, 0) is 63.1 Å². The fourth-order valence-electron chi connectivity index (χ4n) is 2.90. The maximum Gasteiger partial charge on any atom is 0.258 e. The molecule has 0 unspecified atom stereocenters. The van der Waals surface area contributed by atoms with E-state index in [1.54, 1.807) is 17.0 Å². The zero-order valence-corrected chi connectivity index (χ0v) is 15.5. The van der Waals surface area contributed by atoms with E-state index in [4.69, 9.17) is 0 Å². The summed E-state index contributed by atoms with van der Waals surface area (Å²) in [7, 11) is 0. The minimum Gasteiger partial charge on any atom is -0.329 e. The zero-order valence-electron chi connectivity index (χ0n) is 15.5. The number of aromatic amines is 1. The summed E-state index contributed by atoms with van der Waals surface area (Å²) in [5.41, 5.74) is 3.32. The van der Waals surface area contributed by atoms with Crippen molar-refractivity contribution in [2.75, 3.05) is 0 Å². The number of nitrogens with one attached hydrogen (secondary N) is 1. The van der Waals surface area contributed by atoms with Crippen LogP contribution in [0, 0.1) is 13.8 Å². The minimum atomic E-state index is -0.187. The highest BCUT2D eigenvalue weighted by Crippen LogP contribution is 2.16. The number of benzene rings is 2. The highest BCUT2D eigenvalue weighted by molar-refractivity contribution is 5.94. The van der Waals surface area contributed by atoms with Crippen LogP contribution < -0.4 is 5.56 Å². The Bertz CT molecular complexity index is 1020. The third-order valence-corrected chi connectivity index (χ3v) is 4.62. The number of hydrogen-bond acceptors (Lipinski definition) is 3. The predicted octanol–water partition coefficient (Wildman–Crippen LogP) is 3.59. The van der Waals surface area contributed by atoms with Gasteiger partial charge in [-0.25, -0.2) is 4.98 Å². The van der Waals surface area contributed by atoms with Crippen LogP contribution in [0.1, 0.15) is 41.2 Å². The number of para-hydroxylation sites is 1. The Morgan fingerprint density at radius 2 is 1.85 bits per heavy atom. The Morgan fingerprint density at radius 1 is 1.12 bits per heavy atom. The third kappa shape index (κ3) is 3.52. The van der Waals surface area contributed by atoms with E-state index in [0.717, 1.165) is 11.1 Å². The fourth-order valence-corrected chi connectivity index (χ4v) is 2.90. The van der Waals surface area contributed by atoms with E-state index in [9.17, 15) is 9.59 Å². The standard InChI is InChI=1S/C21H23N3O2/c1-13(2)24(21(26)16-10-9-14(3)15(4)11-16)12-19-22-18-8-6-5-7-17(18)20(25)23-19/h5-11,13H,12H2,1-4H3,(H,22,23,25). The molecule has 0 aliphatic heterocycles. The Morgan fingerprint density at radius 3 is 2.54 bits per heavy atom. The highest BCUT2D eigenvalue weighted by atomic mass is 16.2. The number of carbonyl (C=O) groups excluding carboxylic acids is 1. The molecule has 0 radical (unpaired) electrons. The van der Waals surface area contributed by atoms with Crippen LogP contribution in [0.25, 0.3) is 10.9 Å². The summed E-state index contributed by atoms with van der Waals surface area (Å²) in [5, 5.41) is 0.549. The molecule has 0 spiro atoms. The Labute approximate surface area is 152 Å². The van der Waals surface area contributed by atoms with Crippen LogP contribution in [-0.4, -0.2) is 26.8 Å². The molecule has 0 bridgehead atoms. The molecule has 3 aromatic rings. The lowest BCUT2D eigenvalue weighted by Gasteiger charge is -2.26. The number of rotatable bonds is 4. The second-order valence-electron chi connectivity index (χ2n) is 6.86. The molecule has 134 valence electrons. The van der Waals surface area contributed by atoms with Crippen molar-refractivity contribution in [1.82, 2.24) is 14.9 Å². The molecule has 1 N–H and O–H groups in total. The maximum absolute atomic E-state index is 13.0. The second kappa shape index (κ2) is 7.12. The van der Waals surface area contributed by atoms with Crippen LogP contribution >= 0.6 is 0 Å². The van der Waals surface area contributed by atoms with E-state index in [2.05, 4.69) is 9.97 Å². The van der Waals surface area contributed by atoms with Crippen LogP contribution in [0.15, 0.2) is 47.3 Å². The first kappa shape index (κ1) is 17.9. The molecule has 0 fully saturated rings. The molecule has 0 aliphatic carbocycles. The maximum atomic E-state index is 13.0. The van der Waals surface area contributed by atoms with Crippen LogP contribution in [0.3, 0.4) is 0 Å². The first-order valence-electron chi connectivity index (χ1n) is 8.73. The van der Waals surface area contributed by atoms with Gasteiger partial charge in [-0.2, -0.15) is 0 Å². The average Bonchev–Trinajstić information content (AvgIpc) is 2.61. The van der Waals surface area contributed by atoms with Crippen LogP contribution in [0.5, 0.6) is 0 Å². The predicted molar refractivity (Wildman–Crippen MR) is 103 cm³/mol. The smallest absolute Gasteiger partial charge is 0.258 e. The number of carbonyl (C=O) groups is 1. The third-order valence-electron chi connectivity index (χ3n) is 4.62. The van der Waals surface area contributed by atoms with E-state index >= 15 is 0 Å². The van der Waals surface area contributed by atoms with Gasteiger partial charge in [0.1, 0.15) is 5.82 Å². The summed E-state index contributed by atoms with van der Waals surface area (Å²) in [4.78, 5) is 34.3. The van der Waals surface area contributed by atoms with Gasteiger partial charge in [0.15, 0.2) is 0 Å². The van der Waals surface area contributed by atoms with Crippen LogP contribution in [-0.2, 0) is 6.54 Å². The number of nitrogens with zero attached hydrogens (tertiary/aromatic N) is 2. The van der Waals surface area contributed by atoms with Gasteiger partial charge in [0.2, 0.25) is 0 Å². The summed E-state index contributed by atoms with van der Waals surface area (Å²) in [6.45, 7) is 8.18. The van der Waals surface area contributed by atoms with Crippen molar-refractivity contribution in [1.29, 1.82) is 0 Å². The number of amides is 1. The van der Waals surface area contributed by atoms with E-state index in [0.29, 0.717) is 22.3 Å². The van der Waals surface area contributed by atoms with Crippen molar-refractivity contribution in [3.63, 3.8) is 0 Å². The van der Waals surface area contributed by atoms with Gasteiger partial charge in [0.25, 0.3) is 11.5 Å². The lowest BCUT2D eigenvalue weighted by atomic mass is 10.0. The fraction of sp³-hybridized carbons (Fsp3) is 0.286. The number of aryl methyl sites for hydroxylation is 2. The van der Waals surface area contributed by atoms with Crippen molar-refractivity contribution in [3.05, 3.63) is 75.3 Å². The molecule has 0 aliphatic rings. The summed E-state index contributed by atoms with van der Waals surface area (Å²) in [5.74, 6) is 0.415. The second-order valence-corrected chi connectivity index (χ2v) is 6.86. The van der Waals surface area contributed by atoms with Crippen molar-refractivity contribution in [2.24, 2.45) is 0 Å². The number of fused-ring (bicyclic) bond motifs is 1. The monoisotopic (exact) mass is 349 g/mol. The largest absolute Gasteiger partial charge is 0.329 e. The number of H-pyrrole nitrogens is 1. The van der Waals surface area contributed by atoms with Crippen LogP contribution in [0.4, 0.5) is 0 Å². The molecule has 0 saturated heterocycles. The van der Waals surface area contributed by atoms with Gasteiger partial charge in [0.05, 0.1) is 17.4 Å². The average molecular weight is 349 g/mol. The molecule has 0 atom stereocenters. The first-order valence-corrected chi connectivity index (χ1v) is 8.73. The van der Waals surface area contributed by atoms with E-state index in [-0.39, 0.29) is 24.1 Å². The SMILES string of the molecule is Cc1ccc(C(=O)N(Cc2nc3ccccc3c(=O)[nH]2)C(C)C)cc1C. The van der Waals surface area contributed by atoms with E-state index in [1.807, 2.05) is 58.0 Å². The van der Waals surface area contributed by atoms with Crippen LogP contribution in [0.2, 0.25) is 0 Å². The molecule has 1 aromatic heterocycles. The van der Waals surface area contributed by atoms with Gasteiger partial charge < -0.3 is 9.88 Å². The molecule has 5 nitrogen and oxygen atoms in total. The Hall–Kier alpha value is -2.95. The Balaban J connectivity index is 1.95. The van der Waals surface area contributed by atoms with Crippen molar-refractivity contribution >= 4 is 16.8 Å². The van der Waals surface area contributed by atoms with Gasteiger partial charge in [-0.3, -0.25) is 9.59 Å². The van der Waals surface area contributed by atoms with Crippen molar-refractivity contribution < 1.29 is 4.79 Å². The lowest BCUT2D eigenvalue weighted by molar-refractivity contribution is 0.0685. The molecule has 1 amide bonds. The molecule has 5 heteroatoms. The molecular formula is C21H23N3O2. The molecule has 2 aromatic carbocycles. The van der Waals surface area contributed by atoms with Gasteiger partial charge in [-0.15, -0.1) is 0 Å². The molecule has 3 rings (SSSR count). The highest BCUT2D eigenvalue weighted by Gasteiger charge is 2.20. The van der Waals surface area contributed by atoms with Crippen molar-refractivity contribution in [2.45, 2.75) is 40.3 Å². The van der Waals surface area contributed by atoms with Crippen molar-refractivity contribution in [3.8, 4) is 0 Å². The first-order chi connectivity index (χ1) is 12.4. The van der Waals surface area contributed by atoms with Gasteiger partial charge >= 0.3 is 0 Å².